The molecule has 4 nitrogen and oxygen atoms in total. The van der Waals surface area contributed by atoms with Crippen LogP contribution in [0.15, 0.2) is 28.3 Å². The maximum atomic E-state index is 11.6. The van der Waals surface area contributed by atoms with Crippen LogP contribution in [0.3, 0.4) is 0 Å². The summed E-state index contributed by atoms with van der Waals surface area (Å²) in [5.74, 6) is -2.40. The van der Waals surface area contributed by atoms with Crippen molar-refractivity contribution in [3.63, 3.8) is 0 Å². The van der Waals surface area contributed by atoms with E-state index >= 15 is 0 Å². The van der Waals surface area contributed by atoms with Gasteiger partial charge in [0.1, 0.15) is 10.1 Å². The fourth-order valence-corrected chi connectivity index (χ4v) is 1.51. The normalized spacial score (nSPS) is 11.8. The van der Waals surface area contributed by atoms with Crippen molar-refractivity contribution in [3.05, 3.63) is 38.3 Å². The molecule has 0 aliphatic rings. The van der Waals surface area contributed by atoms with Crippen LogP contribution >= 0.6 is 46.4 Å². The van der Waals surface area contributed by atoms with Gasteiger partial charge in [-0.2, -0.15) is 0 Å². The third-order valence-corrected chi connectivity index (χ3v) is 3.13. The molecule has 0 atom stereocenters. The predicted molar refractivity (Wildman–Crippen MR) is 71.5 cm³/mol. The van der Waals surface area contributed by atoms with E-state index in [9.17, 15) is 9.59 Å². The van der Waals surface area contributed by atoms with Gasteiger partial charge in [-0.25, -0.2) is 4.79 Å². The highest BCUT2D eigenvalue weighted by Gasteiger charge is 2.18. The minimum atomic E-state index is -1.51. The van der Waals surface area contributed by atoms with E-state index in [4.69, 9.17) is 51.5 Å². The number of anilines is 1. The van der Waals surface area contributed by atoms with Gasteiger partial charge >= 0.3 is 5.97 Å². The SMILES string of the molecule is O=C(O)/C(Cl)=C(/Cl)C(=O)Nc1cc(Cl)ccc1Cl. The number of nitrogens with one attached hydrogen (secondary N) is 1. The first-order valence-corrected chi connectivity index (χ1v) is 5.89. The average molecular weight is 329 g/mol. The number of halogens is 4. The average Bonchev–Trinajstić information content (AvgIpc) is 2.31. The van der Waals surface area contributed by atoms with E-state index in [0.29, 0.717) is 5.02 Å². The highest BCUT2D eigenvalue weighted by atomic mass is 35.5. The Morgan fingerprint density at radius 2 is 1.72 bits per heavy atom. The molecule has 1 aromatic carbocycles. The van der Waals surface area contributed by atoms with Crippen LogP contribution in [-0.4, -0.2) is 17.0 Å². The second-order valence-corrected chi connectivity index (χ2v) is 4.61. The number of carboxylic acids is 1. The van der Waals surface area contributed by atoms with Crippen LogP contribution in [0.5, 0.6) is 0 Å². The molecule has 0 bridgehead atoms. The van der Waals surface area contributed by atoms with Gasteiger partial charge in [-0.3, -0.25) is 4.79 Å². The number of carbonyl (C=O) groups excluding carboxylic acids is 1. The number of carboxylic acid groups (broad SMARTS) is 1. The molecule has 0 saturated heterocycles. The van der Waals surface area contributed by atoms with Crippen molar-refractivity contribution in [3.8, 4) is 0 Å². The molecule has 0 unspecified atom stereocenters. The minimum Gasteiger partial charge on any atom is -0.477 e. The van der Waals surface area contributed by atoms with Crippen LogP contribution in [0.2, 0.25) is 10.0 Å². The van der Waals surface area contributed by atoms with E-state index in [1.165, 1.54) is 18.2 Å². The lowest BCUT2D eigenvalue weighted by atomic mass is 10.3. The Kier molecular flexibility index (Phi) is 5.28. The molecule has 0 aliphatic heterocycles. The molecule has 18 heavy (non-hydrogen) atoms. The number of carbonyl (C=O) groups is 2. The fourth-order valence-electron chi connectivity index (χ4n) is 0.964. The first-order valence-electron chi connectivity index (χ1n) is 4.38. The van der Waals surface area contributed by atoms with E-state index < -0.39 is 21.9 Å². The Balaban J connectivity index is 2.98. The first kappa shape index (κ1) is 15.1. The topological polar surface area (TPSA) is 66.4 Å². The second kappa shape index (κ2) is 6.29. The van der Waals surface area contributed by atoms with Crippen LogP contribution in [0, 0.1) is 0 Å². The Hall–Kier alpha value is -0.940. The zero-order valence-corrected chi connectivity index (χ0v) is 11.5. The summed E-state index contributed by atoms with van der Waals surface area (Å²) in [6.07, 6.45) is 0. The van der Waals surface area contributed by atoms with Crippen molar-refractivity contribution < 1.29 is 14.7 Å². The van der Waals surface area contributed by atoms with Gasteiger partial charge in [-0.15, -0.1) is 0 Å². The molecule has 8 heteroatoms. The van der Waals surface area contributed by atoms with E-state index in [0.717, 1.165) is 0 Å². The third kappa shape index (κ3) is 3.78. The molecule has 1 amide bonds. The Morgan fingerprint density at radius 3 is 2.28 bits per heavy atom. The zero-order valence-electron chi connectivity index (χ0n) is 8.51. The quantitative estimate of drug-likeness (QED) is 0.831. The maximum absolute atomic E-state index is 11.6. The van der Waals surface area contributed by atoms with Crippen molar-refractivity contribution in [1.82, 2.24) is 0 Å². The Bertz CT molecular complexity index is 542. The maximum Gasteiger partial charge on any atom is 0.349 e. The zero-order chi connectivity index (χ0) is 13.9. The molecule has 96 valence electrons. The molecule has 1 aromatic rings. The molecule has 0 spiro atoms. The van der Waals surface area contributed by atoms with Crippen LogP contribution in [0.4, 0.5) is 5.69 Å². The molecule has 0 fully saturated rings. The smallest absolute Gasteiger partial charge is 0.349 e. The molecule has 2 N–H and O–H groups in total. The fraction of sp³-hybridized carbons (Fsp3) is 0. The van der Waals surface area contributed by atoms with E-state index in [2.05, 4.69) is 5.32 Å². The molecule has 0 radical (unpaired) electrons. The van der Waals surface area contributed by atoms with Crippen molar-refractivity contribution in [2.24, 2.45) is 0 Å². The Labute approximate surface area is 122 Å². The largest absolute Gasteiger partial charge is 0.477 e. The summed E-state index contributed by atoms with van der Waals surface area (Å²) in [5, 5.41) is 9.99. The lowest BCUT2D eigenvalue weighted by molar-refractivity contribution is -0.132. The van der Waals surface area contributed by atoms with E-state index in [1.54, 1.807) is 0 Å². The van der Waals surface area contributed by atoms with Gasteiger partial charge < -0.3 is 10.4 Å². The standard InChI is InChI=1S/C10H5Cl4NO3/c11-4-1-2-5(12)6(3-4)15-9(16)7(13)8(14)10(17)18/h1-3H,(H,15,16)(H,17,18)/b8-7-. The van der Waals surface area contributed by atoms with Crippen molar-refractivity contribution in [2.45, 2.75) is 0 Å². The first-order chi connectivity index (χ1) is 8.32. The second-order valence-electron chi connectivity index (χ2n) is 3.01. The van der Waals surface area contributed by atoms with Crippen LogP contribution in [0.25, 0.3) is 0 Å². The predicted octanol–water partition coefficient (Wildman–Crippen LogP) is 3.71. The Morgan fingerprint density at radius 1 is 1.11 bits per heavy atom. The number of hydrogen-bond acceptors (Lipinski definition) is 2. The summed E-state index contributed by atoms with van der Waals surface area (Å²) in [7, 11) is 0. The van der Waals surface area contributed by atoms with Gasteiger partial charge in [-0.05, 0) is 18.2 Å². The van der Waals surface area contributed by atoms with Gasteiger partial charge in [0, 0.05) is 5.02 Å². The van der Waals surface area contributed by atoms with E-state index in [1.807, 2.05) is 0 Å². The number of hydrogen-bond donors (Lipinski definition) is 2. The van der Waals surface area contributed by atoms with Crippen molar-refractivity contribution in [1.29, 1.82) is 0 Å². The monoisotopic (exact) mass is 327 g/mol. The van der Waals surface area contributed by atoms with Crippen molar-refractivity contribution in [2.75, 3.05) is 5.32 Å². The van der Waals surface area contributed by atoms with E-state index in [-0.39, 0.29) is 10.7 Å². The molecular formula is C10H5Cl4NO3. The lowest BCUT2D eigenvalue weighted by Crippen LogP contribution is -2.14. The highest BCUT2D eigenvalue weighted by Crippen LogP contribution is 2.26. The van der Waals surface area contributed by atoms with Gasteiger partial charge in [0.15, 0.2) is 0 Å². The summed E-state index contributed by atoms with van der Waals surface area (Å²) in [6, 6.07) is 4.39. The number of rotatable bonds is 3. The van der Waals surface area contributed by atoms with Crippen molar-refractivity contribution >= 4 is 64.0 Å². The summed E-state index contributed by atoms with van der Waals surface area (Å²) >= 11 is 22.3. The molecule has 0 aromatic heterocycles. The van der Waals surface area contributed by atoms with Gasteiger partial charge in [0.2, 0.25) is 0 Å². The van der Waals surface area contributed by atoms with Crippen LogP contribution in [0.1, 0.15) is 0 Å². The number of aliphatic carboxylic acids is 1. The minimum absolute atomic E-state index is 0.196. The number of benzene rings is 1. The van der Waals surface area contributed by atoms with Gasteiger partial charge in [-0.1, -0.05) is 46.4 Å². The summed E-state index contributed by atoms with van der Waals surface area (Å²) in [5.41, 5.74) is 0.196. The highest BCUT2D eigenvalue weighted by molar-refractivity contribution is 6.54. The number of amides is 1. The summed E-state index contributed by atoms with van der Waals surface area (Å²) in [6.45, 7) is 0. The molecule has 0 aliphatic carbocycles. The third-order valence-electron chi connectivity index (χ3n) is 1.76. The van der Waals surface area contributed by atoms with Crippen LogP contribution in [-0.2, 0) is 9.59 Å². The summed E-state index contributed by atoms with van der Waals surface area (Å²) in [4.78, 5) is 22.1. The van der Waals surface area contributed by atoms with Crippen LogP contribution < -0.4 is 5.32 Å². The van der Waals surface area contributed by atoms with Gasteiger partial charge in [0.25, 0.3) is 5.91 Å². The molecule has 1 rings (SSSR count). The molecular weight excluding hydrogens is 324 g/mol. The summed E-state index contributed by atoms with van der Waals surface area (Å²) < 4.78 is 0. The molecule has 0 saturated carbocycles. The molecule has 0 heterocycles. The van der Waals surface area contributed by atoms with Gasteiger partial charge in [0.05, 0.1) is 10.7 Å². The lowest BCUT2D eigenvalue weighted by Gasteiger charge is -2.07.